The Morgan fingerprint density at radius 2 is 1.97 bits per heavy atom. The number of hydrogen-bond donors (Lipinski definition) is 2. The first-order valence-corrected chi connectivity index (χ1v) is 13.2. The van der Waals surface area contributed by atoms with Crippen molar-refractivity contribution in [2.45, 2.75) is 33.4 Å². The third-order valence-corrected chi connectivity index (χ3v) is 7.06. The summed E-state index contributed by atoms with van der Waals surface area (Å²) in [6, 6.07) is 9.84. The van der Waals surface area contributed by atoms with Crippen molar-refractivity contribution in [3.8, 4) is 0 Å². The van der Waals surface area contributed by atoms with Crippen LogP contribution in [0.3, 0.4) is 0 Å². The Bertz CT molecular complexity index is 1450. The SMILES string of the molecule is CCN(c1cc(C)ccc1CN(c1nc(Nc2cccc3c2CC(=O)N3)ncc1F)C(F)F)S(C)(=O)=O. The van der Waals surface area contributed by atoms with Crippen LogP contribution in [-0.2, 0) is 27.8 Å². The van der Waals surface area contributed by atoms with Gasteiger partial charge in [-0.15, -0.1) is 0 Å². The number of nitrogens with one attached hydrogen (secondary N) is 2. The van der Waals surface area contributed by atoms with Crippen molar-refractivity contribution in [1.29, 1.82) is 0 Å². The molecular weight excluding hydrogens is 509 g/mol. The van der Waals surface area contributed by atoms with E-state index in [9.17, 15) is 26.4 Å². The minimum absolute atomic E-state index is 0.0820. The number of amides is 1. The van der Waals surface area contributed by atoms with Gasteiger partial charge in [0.2, 0.25) is 21.9 Å². The zero-order valence-corrected chi connectivity index (χ0v) is 21.1. The van der Waals surface area contributed by atoms with Crippen LogP contribution < -0.4 is 19.8 Å². The summed E-state index contributed by atoms with van der Waals surface area (Å²) in [4.78, 5) is 20.1. The Kier molecular flexibility index (Phi) is 7.25. The molecule has 1 aliphatic heterocycles. The second-order valence-corrected chi connectivity index (χ2v) is 10.4. The summed E-state index contributed by atoms with van der Waals surface area (Å²) in [5.41, 5.74) is 2.93. The van der Waals surface area contributed by atoms with Crippen LogP contribution in [0, 0.1) is 12.7 Å². The summed E-state index contributed by atoms with van der Waals surface area (Å²) in [6.45, 7) is -0.226. The van der Waals surface area contributed by atoms with E-state index < -0.39 is 34.8 Å². The van der Waals surface area contributed by atoms with Gasteiger partial charge in [-0.2, -0.15) is 13.8 Å². The van der Waals surface area contributed by atoms with Gasteiger partial charge in [0.15, 0.2) is 11.6 Å². The Morgan fingerprint density at radius 1 is 1.22 bits per heavy atom. The van der Waals surface area contributed by atoms with Crippen LogP contribution in [0.15, 0.2) is 42.6 Å². The average Bonchev–Trinajstić information content (AvgIpc) is 3.20. The molecule has 0 atom stereocenters. The fraction of sp³-hybridized carbons (Fsp3) is 0.292. The zero-order chi connectivity index (χ0) is 26.9. The van der Waals surface area contributed by atoms with Crippen molar-refractivity contribution in [3.63, 3.8) is 0 Å². The molecule has 4 rings (SSSR count). The number of alkyl halides is 2. The predicted octanol–water partition coefficient (Wildman–Crippen LogP) is 4.18. The van der Waals surface area contributed by atoms with Crippen molar-refractivity contribution < 1.29 is 26.4 Å². The molecular formula is C24H25F3N6O3S. The number of sulfonamides is 1. The van der Waals surface area contributed by atoms with Crippen LogP contribution in [0.2, 0.25) is 0 Å². The summed E-state index contributed by atoms with van der Waals surface area (Å²) in [7, 11) is -3.70. The normalized spacial score (nSPS) is 12.9. The molecule has 0 spiro atoms. The van der Waals surface area contributed by atoms with E-state index in [1.165, 1.54) is 6.07 Å². The summed E-state index contributed by atoms with van der Waals surface area (Å²) in [6.07, 6.45) is 1.91. The fourth-order valence-electron chi connectivity index (χ4n) is 4.15. The van der Waals surface area contributed by atoms with E-state index in [-0.39, 0.29) is 36.1 Å². The van der Waals surface area contributed by atoms with Crippen molar-refractivity contribution in [2.24, 2.45) is 0 Å². The Balaban J connectivity index is 1.70. The maximum Gasteiger partial charge on any atom is 0.316 e. The number of halogens is 3. The Labute approximate surface area is 212 Å². The van der Waals surface area contributed by atoms with Gasteiger partial charge in [-0.25, -0.2) is 17.8 Å². The zero-order valence-electron chi connectivity index (χ0n) is 20.3. The molecule has 3 aromatic rings. The number of carbonyl (C=O) groups is 1. The lowest BCUT2D eigenvalue weighted by molar-refractivity contribution is -0.115. The molecule has 13 heteroatoms. The van der Waals surface area contributed by atoms with Crippen molar-refractivity contribution >= 4 is 44.8 Å². The molecule has 9 nitrogen and oxygen atoms in total. The van der Waals surface area contributed by atoms with Crippen LogP contribution in [0.4, 0.5) is 42.0 Å². The fourth-order valence-corrected chi connectivity index (χ4v) is 5.15. The number of aryl methyl sites for hydroxylation is 1. The van der Waals surface area contributed by atoms with E-state index in [2.05, 4.69) is 20.6 Å². The van der Waals surface area contributed by atoms with E-state index in [1.54, 1.807) is 44.2 Å². The molecule has 0 saturated carbocycles. The van der Waals surface area contributed by atoms with Gasteiger partial charge >= 0.3 is 6.55 Å². The van der Waals surface area contributed by atoms with Crippen molar-refractivity contribution in [2.75, 3.05) is 32.6 Å². The highest BCUT2D eigenvalue weighted by molar-refractivity contribution is 7.92. The van der Waals surface area contributed by atoms with E-state index in [0.29, 0.717) is 21.8 Å². The second-order valence-electron chi connectivity index (χ2n) is 8.51. The van der Waals surface area contributed by atoms with Gasteiger partial charge < -0.3 is 10.6 Å². The molecule has 0 unspecified atom stereocenters. The average molecular weight is 535 g/mol. The number of aromatic nitrogens is 2. The highest BCUT2D eigenvalue weighted by atomic mass is 32.2. The molecule has 37 heavy (non-hydrogen) atoms. The lowest BCUT2D eigenvalue weighted by atomic mass is 10.1. The predicted molar refractivity (Wildman–Crippen MR) is 135 cm³/mol. The van der Waals surface area contributed by atoms with Crippen LogP contribution in [0.5, 0.6) is 0 Å². The highest BCUT2D eigenvalue weighted by Crippen LogP contribution is 2.33. The number of fused-ring (bicyclic) bond motifs is 1. The van der Waals surface area contributed by atoms with Gasteiger partial charge in [0.1, 0.15) is 0 Å². The first-order chi connectivity index (χ1) is 17.5. The summed E-state index contributed by atoms with van der Waals surface area (Å²) in [5, 5.41) is 5.58. The van der Waals surface area contributed by atoms with Crippen molar-refractivity contribution in [1.82, 2.24) is 9.97 Å². The van der Waals surface area contributed by atoms with Gasteiger partial charge in [0.05, 0.1) is 31.1 Å². The molecule has 0 aliphatic carbocycles. The number of rotatable bonds is 9. The Morgan fingerprint density at radius 3 is 2.65 bits per heavy atom. The van der Waals surface area contributed by atoms with Gasteiger partial charge in [-0.1, -0.05) is 18.2 Å². The van der Waals surface area contributed by atoms with E-state index >= 15 is 0 Å². The molecule has 1 aromatic heterocycles. The maximum atomic E-state index is 14.8. The molecule has 196 valence electrons. The molecule has 2 heterocycles. The molecule has 0 saturated heterocycles. The summed E-state index contributed by atoms with van der Waals surface area (Å²) < 4.78 is 69.1. The number of anilines is 5. The van der Waals surface area contributed by atoms with Crippen LogP contribution in [0.25, 0.3) is 0 Å². The van der Waals surface area contributed by atoms with Crippen LogP contribution >= 0.6 is 0 Å². The minimum Gasteiger partial charge on any atom is -0.325 e. The van der Waals surface area contributed by atoms with Crippen LogP contribution in [-0.4, -0.2) is 43.6 Å². The van der Waals surface area contributed by atoms with Crippen LogP contribution in [0.1, 0.15) is 23.6 Å². The van der Waals surface area contributed by atoms with E-state index in [4.69, 9.17) is 0 Å². The monoisotopic (exact) mass is 534 g/mol. The molecule has 1 aliphatic rings. The molecule has 2 N–H and O–H groups in total. The van der Waals surface area contributed by atoms with E-state index in [1.807, 2.05) is 0 Å². The molecule has 0 radical (unpaired) electrons. The number of nitrogens with zero attached hydrogens (tertiary/aromatic N) is 4. The Hall–Kier alpha value is -3.87. The number of hydrogen-bond acceptors (Lipinski definition) is 7. The van der Waals surface area contributed by atoms with Crippen molar-refractivity contribution in [3.05, 3.63) is 65.1 Å². The third-order valence-electron chi connectivity index (χ3n) is 5.80. The third kappa shape index (κ3) is 5.61. The first-order valence-electron chi connectivity index (χ1n) is 11.3. The van der Waals surface area contributed by atoms with Gasteiger partial charge in [-0.3, -0.25) is 14.0 Å². The van der Waals surface area contributed by atoms with Gasteiger partial charge in [-0.05, 0) is 43.2 Å². The number of benzene rings is 2. The van der Waals surface area contributed by atoms with Gasteiger partial charge in [0.25, 0.3) is 0 Å². The second kappa shape index (κ2) is 10.2. The highest BCUT2D eigenvalue weighted by Gasteiger charge is 2.27. The smallest absolute Gasteiger partial charge is 0.316 e. The molecule has 0 fully saturated rings. The largest absolute Gasteiger partial charge is 0.325 e. The lowest BCUT2D eigenvalue weighted by Gasteiger charge is -2.28. The quantitative estimate of drug-likeness (QED) is 0.397. The summed E-state index contributed by atoms with van der Waals surface area (Å²) >= 11 is 0. The minimum atomic E-state index is -3.70. The molecule has 1 amide bonds. The standard InChI is InChI=1S/C24H25F3N6O3S/c1-4-33(37(3,35)36)20-10-14(2)8-9-15(20)13-32(23(26)27)22-17(25)12-28-24(31-22)30-19-7-5-6-18-16(19)11-21(34)29-18/h5-10,12,23H,4,11,13H2,1-3H3,(H,29,34)(H,28,30,31). The first kappa shape index (κ1) is 26.2. The maximum absolute atomic E-state index is 14.8. The lowest BCUT2D eigenvalue weighted by Crippen LogP contribution is -2.34. The van der Waals surface area contributed by atoms with Gasteiger partial charge in [0, 0.05) is 23.5 Å². The van der Waals surface area contributed by atoms with E-state index in [0.717, 1.165) is 22.3 Å². The summed E-state index contributed by atoms with van der Waals surface area (Å²) in [5.74, 6) is -2.09. The molecule has 2 aromatic carbocycles. The topological polar surface area (TPSA) is 108 Å². The molecule has 0 bridgehead atoms. The number of carbonyl (C=O) groups excluding carboxylic acids is 1.